The molecule has 2 atom stereocenters. The Kier molecular flexibility index (Phi) is 5.74. The zero-order valence-electron chi connectivity index (χ0n) is 14.6. The van der Waals surface area contributed by atoms with Crippen LogP contribution in [0.2, 0.25) is 0 Å². The number of hydrogen-bond acceptors (Lipinski definition) is 2. The largest absolute Gasteiger partial charge is 0.481 e. The number of carboxylic acid groups (broad SMARTS) is 2. The fourth-order valence-corrected chi connectivity index (χ4v) is 5.98. The van der Waals surface area contributed by atoms with Gasteiger partial charge in [-0.15, -0.1) is 0 Å². The first-order chi connectivity index (χ1) is 11.0. The summed E-state index contributed by atoms with van der Waals surface area (Å²) in [5, 5.41) is 20.6. The van der Waals surface area contributed by atoms with Gasteiger partial charge in [0.05, 0.1) is 10.8 Å². The smallest absolute Gasteiger partial charge is 0.311 e. The summed E-state index contributed by atoms with van der Waals surface area (Å²) >= 11 is 0. The van der Waals surface area contributed by atoms with Gasteiger partial charge in [-0.05, 0) is 50.4 Å². The van der Waals surface area contributed by atoms with E-state index in [1.54, 1.807) is 0 Å². The van der Waals surface area contributed by atoms with Gasteiger partial charge in [-0.3, -0.25) is 9.59 Å². The van der Waals surface area contributed by atoms with E-state index in [4.69, 9.17) is 0 Å². The van der Waals surface area contributed by atoms with Crippen molar-refractivity contribution in [3.05, 3.63) is 0 Å². The molecular weight excluding hydrogens is 292 g/mol. The van der Waals surface area contributed by atoms with Gasteiger partial charge < -0.3 is 10.2 Å². The summed E-state index contributed by atoms with van der Waals surface area (Å²) in [6.07, 6.45) is 9.56. The minimum absolute atomic E-state index is 0.00276. The molecule has 0 spiro atoms. The molecule has 2 aliphatic rings. The Morgan fingerprint density at radius 1 is 0.739 bits per heavy atom. The van der Waals surface area contributed by atoms with Crippen molar-refractivity contribution >= 4 is 11.9 Å². The van der Waals surface area contributed by atoms with Gasteiger partial charge >= 0.3 is 11.9 Å². The second-order valence-electron chi connectivity index (χ2n) is 7.58. The third-order valence-electron chi connectivity index (χ3n) is 7.03. The van der Waals surface area contributed by atoms with Gasteiger partial charge in [0.1, 0.15) is 0 Å². The third kappa shape index (κ3) is 2.68. The Morgan fingerprint density at radius 2 is 1.04 bits per heavy atom. The molecule has 2 N–H and O–H groups in total. The topological polar surface area (TPSA) is 74.6 Å². The van der Waals surface area contributed by atoms with Crippen molar-refractivity contribution in [3.8, 4) is 0 Å². The van der Waals surface area contributed by atoms with Crippen molar-refractivity contribution in [2.75, 3.05) is 0 Å². The van der Waals surface area contributed by atoms with Crippen molar-refractivity contribution in [1.29, 1.82) is 0 Å². The van der Waals surface area contributed by atoms with Gasteiger partial charge in [-0.2, -0.15) is 0 Å². The Hall–Kier alpha value is -1.06. The van der Waals surface area contributed by atoms with E-state index in [9.17, 15) is 19.8 Å². The molecule has 2 rings (SSSR count). The highest BCUT2D eigenvalue weighted by Gasteiger charge is 2.65. The Labute approximate surface area is 139 Å². The van der Waals surface area contributed by atoms with Crippen molar-refractivity contribution < 1.29 is 19.8 Å². The molecule has 0 aromatic carbocycles. The van der Waals surface area contributed by atoms with Crippen LogP contribution in [0, 0.1) is 22.7 Å². The first-order valence-corrected chi connectivity index (χ1v) is 9.44. The number of carbonyl (C=O) groups is 2. The van der Waals surface area contributed by atoms with E-state index < -0.39 is 22.8 Å². The Balaban J connectivity index is 2.59. The zero-order valence-corrected chi connectivity index (χ0v) is 14.6. The molecule has 2 unspecified atom stereocenters. The Bertz CT molecular complexity index is 435. The van der Waals surface area contributed by atoms with E-state index in [0.29, 0.717) is 12.8 Å². The van der Waals surface area contributed by atoms with Crippen LogP contribution >= 0.6 is 0 Å². The number of carboxylic acids is 2. The zero-order chi connectivity index (χ0) is 17.1. The molecular formula is C19H32O4. The fourth-order valence-electron chi connectivity index (χ4n) is 5.98. The van der Waals surface area contributed by atoms with Crippen LogP contribution in [0.5, 0.6) is 0 Å². The summed E-state index contributed by atoms with van der Waals surface area (Å²) < 4.78 is 0. The second kappa shape index (κ2) is 7.23. The van der Waals surface area contributed by atoms with Crippen LogP contribution in [0.4, 0.5) is 0 Å². The van der Waals surface area contributed by atoms with Crippen molar-refractivity contribution in [2.45, 2.75) is 84.5 Å². The third-order valence-corrected chi connectivity index (χ3v) is 7.03. The highest BCUT2D eigenvalue weighted by atomic mass is 16.4. The summed E-state index contributed by atoms with van der Waals surface area (Å²) in [6.45, 7) is 3.79. The molecule has 0 heterocycles. The highest BCUT2D eigenvalue weighted by molar-refractivity contribution is 5.87. The van der Waals surface area contributed by atoms with E-state index in [1.807, 2.05) is 13.8 Å². The first kappa shape index (κ1) is 18.3. The predicted molar refractivity (Wildman–Crippen MR) is 89.3 cm³/mol. The van der Waals surface area contributed by atoms with Crippen LogP contribution < -0.4 is 0 Å². The summed E-state index contributed by atoms with van der Waals surface area (Å²) in [5.74, 6) is -1.75. The van der Waals surface area contributed by atoms with Gasteiger partial charge in [0.25, 0.3) is 0 Å². The maximum Gasteiger partial charge on any atom is 0.311 e. The predicted octanol–water partition coefficient (Wildman–Crippen LogP) is 4.72. The van der Waals surface area contributed by atoms with Gasteiger partial charge in [0, 0.05) is 0 Å². The van der Waals surface area contributed by atoms with Crippen molar-refractivity contribution in [2.24, 2.45) is 22.7 Å². The molecule has 0 radical (unpaired) electrons. The fraction of sp³-hybridized carbons (Fsp3) is 0.895. The Morgan fingerprint density at radius 3 is 1.30 bits per heavy atom. The minimum Gasteiger partial charge on any atom is -0.481 e. The van der Waals surface area contributed by atoms with Crippen LogP contribution in [0.15, 0.2) is 0 Å². The van der Waals surface area contributed by atoms with Crippen LogP contribution in [-0.2, 0) is 9.59 Å². The molecule has 2 aliphatic carbocycles. The molecule has 0 aliphatic heterocycles. The van der Waals surface area contributed by atoms with Gasteiger partial charge in [-0.1, -0.05) is 46.0 Å². The van der Waals surface area contributed by atoms with Gasteiger partial charge in [-0.25, -0.2) is 0 Å². The average molecular weight is 324 g/mol. The summed E-state index contributed by atoms with van der Waals surface area (Å²) in [6, 6.07) is 0. The van der Waals surface area contributed by atoms with Gasteiger partial charge in [0.2, 0.25) is 0 Å². The lowest BCUT2D eigenvalue weighted by Gasteiger charge is -2.53. The van der Waals surface area contributed by atoms with Crippen LogP contribution in [0.25, 0.3) is 0 Å². The molecule has 23 heavy (non-hydrogen) atoms. The summed E-state index contributed by atoms with van der Waals surface area (Å²) in [7, 11) is 0. The number of rotatable bonds is 7. The van der Waals surface area contributed by atoms with E-state index in [2.05, 4.69) is 0 Å². The molecule has 0 aromatic heterocycles. The van der Waals surface area contributed by atoms with E-state index in [-0.39, 0.29) is 11.8 Å². The van der Waals surface area contributed by atoms with Crippen LogP contribution in [0.3, 0.4) is 0 Å². The van der Waals surface area contributed by atoms with E-state index in [0.717, 1.165) is 57.8 Å². The first-order valence-electron chi connectivity index (χ1n) is 9.44. The number of aliphatic carboxylic acids is 2. The minimum atomic E-state index is -1.12. The SMILES string of the molecule is CCC(C(=O)O)(C1CCCCC1)C(CC)(C(=O)O)C1CCCC1. The van der Waals surface area contributed by atoms with Crippen molar-refractivity contribution in [3.63, 3.8) is 0 Å². The summed E-state index contributed by atoms with van der Waals surface area (Å²) in [5.41, 5.74) is -2.24. The van der Waals surface area contributed by atoms with E-state index in [1.165, 1.54) is 0 Å². The second-order valence-corrected chi connectivity index (χ2v) is 7.58. The molecule has 2 fully saturated rings. The standard InChI is InChI=1S/C19H32O4/c1-3-18(16(20)21,14-10-6-5-7-11-14)19(4-2,17(22)23)15-12-8-9-13-15/h14-15H,3-13H2,1-2H3,(H,20,21)(H,22,23). The molecule has 4 heteroatoms. The van der Waals surface area contributed by atoms with Crippen LogP contribution in [0.1, 0.15) is 84.5 Å². The molecule has 2 saturated carbocycles. The number of hydrogen-bond donors (Lipinski definition) is 2. The molecule has 0 amide bonds. The highest BCUT2D eigenvalue weighted by Crippen LogP contribution is 2.61. The molecule has 4 nitrogen and oxygen atoms in total. The molecule has 0 aromatic rings. The lowest BCUT2D eigenvalue weighted by Crippen LogP contribution is -2.59. The van der Waals surface area contributed by atoms with E-state index >= 15 is 0 Å². The monoisotopic (exact) mass is 324 g/mol. The quantitative estimate of drug-likeness (QED) is 0.710. The lowest BCUT2D eigenvalue weighted by molar-refractivity contribution is -0.191. The molecule has 0 bridgehead atoms. The van der Waals surface area contributed by atoms with Crippen LogP contribution in [-0.4, -0.2) is 22.2 Å². The maximum absolute atomic E-state index is 12.6. The molecule has 0 saturated heterocycles. The maximum atomic E-state index is 12.6. The molecule has 132 valence electrons. The summed E-state index contributed by atoms with van der Waals surface area (Å²) in [4.78, 5) is 25.1. The average Bonchev–Trinajstić information content (AvgIpc) is 3.07. The lowest BCUT2D eigenvalue weighted by atomic mass is 9.48. The normalized spacial score (nSPS) is 25.7. The van der Waals surface area contributed by atoms with Gasteiger partial charge in [0.15, 0.2) is 0 Å². The van der Waals surface area contributed by atoms with Crippen molar-refractivity contribution in [1.82, 2.24) is 0 Å².